The van der Waals surface area contributed by atoms with E-state index in [1.54, 1.807) is 0 Å². The van der Waals surface area contributed by atoms with Crippen LogP contribution in [0.3, 0.4) is 0 Å². The molecule has 3 heteroatoms. The van der Waals surface area contributed by atoms with Gasteiger partial charge in [0, 0.05) is 22.8 Å². The predicted octanol–water partition coefficient (Wildman–Crippen LogP) is 2.37. The van der Waals surface area contributed by atoms with Gasteiger partial charge in [-0.15, -0.1) is 0 Å². The molecule has 0 spiro atoms. The van der Waals surface area contributed by atoms with Crippen molar-refractivity contribution in [3.8, 4) is 0 Å². The molecule has 0 aromatic heterocycles. The van der Waals surface area contributed by atoms with Crippen molar-refractivity contribution in [2.75, 3.05) is 0 Å². The number of rotatable bonds is 0. The molecule has 1 saturated carbocycles. The Morgan fingerprint density at radius 3 is 2.82 bits per heavy atom. The molecule has 22 heavy (non-hydrogen) atoms. The largest absolute Gasteiger partial charge is 0.388 e. The Labute approximate surface area is 132 Å². The maximum Gasteiger partial charge on any atom is 0.159 e. The highest BCUT2D eigenvalue weighted by Crippen LogP contribution is 2.61. The van der Waals surface area contributed by atoms with E-state index in [0.29, 0.717) is 5.92 Å². The van der Waals surface area contributed by atoms with E-state index in [9.17, 15) is 9.90 Å². The van der Waals surface area contributed by atoms with Gasteiger partial charge in [0.25, 0.3) is 0 Å². The zero-order valence-corrected chi connectivity index (χ0v) is 13.3. The smallest absolute Gasteiger partial charge is 0.159 e. The van der Waals surface area contributed by atoms with Gasteiger partial charge in [-0.05, 0) is 37.2 Å². The lowest BCUT2D eigenvalue weighted by molar-refractivity contribution is -0.131. The second-order valence-electron chi connectivity index (χ2n) is 8.11. The van der Waals surface area contributed by atoms with Crippen LogP contribution >= 0.6 is 0 Å². The number of aliphatic hydroxyl groups is 1. The van der Waals surface area contributed by atoms with Gasteiger partial charge in [-0.3, -0.25) is 4.79 Å². The van der Waals surface area contributed by atoms with Crippen LogP contribution in [0, 0.1) is 28.6 Å². The standard InChI is InChI=1S/C19H25NO2/c1-18-7-5-12(20)9-11(18)10-15(21)17-13-3-4-16(22)19(13,2)8-6-14(17)18/h3-5,7,10,12-14,16-17,22H,6,8-9,20H2,1-2H3/t12?,13-,14+,16?,17?,18-,19-/m0/s1. The van der Waals surface area contributed by atoms with E-state index in [-0.39, 0.29) is 34.5 Å². The summed E-state index contributed by atoms with van der Waals surface area (Å²) in [5.74, 6) is 0.735. The third-order valence-corrected chi connectivity index (χ3v) is 7.00. The molecule has 3 nitrogen and oxygen atoms in total. The molecule has 0 aliphatic heterocycles. The lowest BCUT2D eigenvalue weighted by Crippen LogP contribution is -2.53. The number of fused-ring (bicyclic) bond motifs is 5. The molecule has 0 aromatic carbocycles. The molecule has 7 atom stereocenters. The third kappa shape index (κ3) is 1.67. The molecule has 3 N–H and O–H groups in total. The molecule has 0 saturated heterocycles. The second-order valence-corrected chi connectivity index (χ2v) is 8.11. The van der Waals surface area contributed by atoms with Gasteiger partial charge in [-0.1, -0.05) is 43.7 Å². The van der Waals surface area contributed by atoms with Crippen molar-refractivity contribution in [2.45, 2.75) is 45.3 Å². The Kier molecular flexibility index (Phi) is 2.90. The Morgan fingerprint density at radius 2 is 2.05 bits per heavy atom. The van der Waals surface area contributed by atoms with E-state index in [0.717, 1.165) is 19.3 Å². The van der Waals surface area contributed by atoms with Crippen molar-refractivity contribution in [3.05, 3.63) is 36.0 Å². The molecular weight excluding hydrogens is 274 g/mol. The number of hydrogen-bond donors (Lipinski definition) is 2. The first kappa shape index (κ1) is 14.4. The quantitative estimate of drug-likeness (QED) is 0.675. The highest BCUT2D eigenvalue weighted by molar-refractivity contribution is 5.95. The summed E-state index contributed by atoms with van der Waals surface area (Å²) >= 11 is 0. The fourth-order valence-corrected chi connectivity index (χ4v) is 5.47. The fraction of sp³-hybridized carbons (Fsp3) is 0.632. The minimum atomic E-state index is -0.417. The molecular formula is C19H25NO2. The molecule has 4 aliphatic rings. The van der Waals surface area contributed by atoms with Crippen LogP contribution < -0.4 is 5.73 Å². The SMILES string of the molecule is C[C@]12C=CC(N)CC1=CC(=O)C1[C@H]2CC[C@]2(C)C(O)C=C[C@@H]12. The number of nitrogens with two attached hydrogens (primary N) is 1. The number of ketones is 1. The van der Waals surface area contributed by atoms with E-state index in [1.807, 2.05) is 12.2 Å². The summed E-state index contributed by atoms with van der Waals surface area (Å²) < 4.78 is 0. The van der Waals surface area contributed by atoms with Crippen LogP contribution in [0.5, 0.6) is 0 Å². The minimum absolute atomic E-state index is 0.000116. The van der Waals surface area contributed by atoms with Gasteiger partial charge in [0.05, 0.1) is 6.10 Å². The summed E-state index contributed by atoms with van der Waals surface area (Å²) in [6, 6.07) is 0.0331. The van der Waals surface area contributed by atoms with Crippen LogP contribution in [0.15, 0.2) is 36.0 Å². The average molecular weight is 299 g/mol. The van der Waals surface area contributed by atoms with Crippen LogP contribution in [0.25, 0.3) is 0 Å². The van der Waals surface area contributed by atoms with Gasteiger partial charge in [-0.25, -0.2) is 0 Å². The first-order valence-electron chi connectivity index (χ1n) is 8.42. The van der Waals surface area contributed by atoms with E-state index < -0.39 is 6.10 Å². The van der Waals surface area contributed by atoms with Crippen molar-refractivity contribution in [1.29, 1.82) is 0 Å². The van der Waals surface area contributed by atoms with Crippen LogP contribution in [-0.2, 0) is 4.79 Å². The maximum atomic E-state index is 12.9. The maximum absolute atomic E-state index is 12.9. The second kappa shape index (κ2) is 4.42. The van der Waals surface area contributed by atoms with Crippen LogP contribution in [0.2, 0.25) is 0 Å². The summed E-state index contributed by atoms with van der Waals surface area (Å²) in [4.78, 5) is 12.9. The van der Waals surface area contributed by atoms with Crippen molar-refractivity contribution in [3.63, 3.8) is 0 Å². The van der Waals surface area contributed by atoms with Gasteiger partial charge in [0.15, 0.2) is 5.78 Å². The van der Waals surface area contributed by atoms with Crippen LogP contribution in [0.4, 0.5) is 0 Å². The monoisotopic (exact) mass is 299 g/mol. The number of hydrogen-bond acceptors (Lipinski definition) is 3. The molecule has 0 radical (unpaired) electrons. The number of carbonyl (C=O) groups excluding carboxylic acids is 1. The van der Waals surface area contributed by atoms with Crippen molar-refractivity contribution < 1.29 is 9.90 Å². The molecule has 4 rings (SSSR count). The first-order valence-corrected chi connectivity index (χ1v) is 8.42. The predicted molar refractivity (Wildman–Crippen MR) is 85.9 cm³/mol. The van der Waals surface area contributed by atoms with Gasteiger partial charge >= 0.3 is 0 Å². The number of aliphatic hydroxyl groups excluding tert-OH is 1. The topological polar surface area (TPSA) is 63.3 Å². The lowest BCUT2D eigenvalue weighted by Gasteiger charge is -2.55. The Bertz CT molecular complexity index is 619. The highest BCUT2D eigenvalue weighted by atomic mass is 16.3. The van der Waals surface area contributed by atoms with E-state index in [2.05, 4.69) is 32.1 Å². The van der Waals surface area contributed by atoms with E-state index in [4.69, 9.17) is 5.73 Å². The summed E-state index contributed by atoms with van der Waals surface area (Å²) in [5.41, 5.74) is 7.05. The van der Waals surface area contributed by atoms with E-state index >= 15 is 0 Å². The van der Waals surface area contributed by atoms with Crippen molar-refractivity contribution >= 4 is 5.78 Å². The number of carbonyl (C=O) groups is 1. The third-order valence-electron chi connectivity index (χ3n) is 7.00. The normalized spacial score (nSPS) is 52.8. The first-order chi connectivity index (χ1) is 10.4. The highest BCUT2D eigenvalue weighted by Gasteiger charge is 2.58. The summed E-state index contributed by atoms with van der Waals surface area (Å²) in [6.07, 6.45) is 12.6. The fourth-order valence-electron chi connectivity index (χ4n) is 5.47. The zero-order valence-electron chi connectivity index (χ0n) is 13.3. The Morgan fingerprint density at radius 1 is 1.27 bits per heavy atom. The molecule has 0 bridgehead atoms. The Hall–Kier alpha value is -1.19. The molecule has 4 aliphatic carbocycles. The van der Waals surface area contributed by atoms with Crippen LogP contribution in [-0.4, -0.2) is 23.0 Å². The van der Waals surface area contributed by atoms with Gasteiger partial charge in [0.1, 0.15) is 0 Å². The molecule has 118 valence electrons. The van der Waals surface area contributed by atoms with Gasteiger partial charge < -0.3 is 10.8 Å². The average Bonchev–Trinajstić information content (AvgIpc) is 2.77. The number of allylic oxidation sites excluding steroid dienone is 3. The van der Waals surface area contributed by atoms with Crippen LogP contribution in [0.1, 0.15) is 33.1 Å². The molecule has 0 amide bonds. The Balaban J connectivity index is 1.79. The van der Waals surface area contributed by atoms with Gasteiger partial charge in [0.2, 0.25) is 0 Å². The molecule has 0 heterocycles. The molecule has 0 aromatic rings. The zero-order chi connectivity index (χ0) is 15.7. The van der Waals surface area contributed by atoms with Crippen molar-refractivity contribution in [2.24, 2.45) is 34.3 Å². The summed E-state index contributed by atoms with van der Waals surface area (Å²) in [6.45, 7) is 4.41. The summed E-state index contributed by atoms with van der Waals surface area (Å²) in [7, 11) is 0. The van der Waals surface area contributed by atoms with Gasteiger partial charge in [-0.2, -0.15) is 0 Å². The van der Waals surface area contributed by atoms with Crippen molar-refractivity contribution in [1.82, 2.24) is 0 Å². The van der Waals surface area contributed by atoms with E-state index in [1.165, 1.54) is 5.57 Å². The minimum Gasteiger partial charge on any atom is -0.388 e. The molecule has 1 fully saturated rings. The summed E-state index contributed by atoms with van der Waals surface area (Å²) in [5, 5.41) is 10.3. The molecule has 3 unspecified atom stereocenters. The lowest BCUT2D eigenvalue weighted by atomic mass is 9.48.